The molecule has 2 N–H and O–H groups in total. The minimum absolute atomic E-state index is 0.186. The number of esters is 1. The molecule has 2 amide bonds. The van der Waals surface area contributed by atoms with E-state index in [0.717, 1.165) is 4.90 Å². The summed E-state index contributed by atoms with van der Waals surface area (Å²) < 4.78 is 11.3. The van der Waals surface area contributed by atoms with Crippen LogP contribution in [-0.4, -0.2) is 56.8 Å². The van der Waals surface area contributed by atoms with Crippen LogP contribution in [0.15, 0.2) is 90.3 Å². The van der Waals surface area contributed by atoms with Gasteiger partial charge in [0.15, 0.2) is 24.0 Å². The van der Waals surface area contributed by atoms with E-state index in [0.29, 0.717) is 38.6 Å². The van der Waals surface area contributed by atoms with Crippen molar-refractivity contribution in [2.45, 2.75) is 17.5 Å². The van der Waals surface area contributed by atoms with Crippen LogP contribution in [0.1, 0.15) is 17.2 Å². The Balaban J connectivity index is 1.53. The molecule has 1 saturated heterocycles. The summed E-state index contributed by atoms with van der Waals surface area (Å²) in [6.45, 7) is -0.480. The van der Waals surface area contributed by atoms with Gasteiger partial charge >= 0.3 is 5.97 Å². The van der Waals surface area contributed by atoms with E-state index in [1.54, 1.807) is 48.5 Å². The summed E-state index contributed by atoms with van der Waals surface area (Å²) in [7, 11) is 0. The summed E-state index contributed by atoms with van der Waals surface area (Å²) in [5.41, 5.74) is 1.34. The summed E-state index contributed by atoms with van der Waals surface area (Å²) >= 11 is 15.7. The predicted octanol–water partition coefficient (Wildman–Crippen LogP) is 5.45. The van der Waals surface area contributed by atoms with Crippen LogP contribution in [0.2, 0.25) is 10.0 Å². The standard InChI is InChI=1S/C29H23BrCl2N2O7S/c30-14-22(36)25(29(39)41-26(17-7-3-1-4-8-17)18-9-5-2-6-10-18)34-27(38)24(28(34)42-16-35)33-23(37)15-40-21-12-19(31)11-20(32)13-21/h1-13,16,24,26,28,36H,14-15H2,(H,33,37)/b25-22+. The summed E-state index contributed by atoms with van der Waals surface area (Å²) in [5.74, 6) is -2.66. The number of thioether (sulfide) groups is 1. The third-order valence-electron chi connectivity index (χ3n) is 6.02. The van der Waals surface area contributed by atoms with Gasteiger partial charge in [0.2, 0.25) is 0 Å². The molecule has 9 nitrogen and oxygen atoms in total. The molecule has 0 spiro atoms. The number of halogens is 3. The number of carbonyl (C=O) groups excluding carboxylic acids is 4. The monoisotopic (exact) mass is 692 g/mol. The average Bonchev–Trinajstić information content (AvgIpc) is 2.99. The lowest BCUT2D eigenvalue weighted by molar-refractivity contribution is -0.155. The van der Waals surface area contributed by atoms with Crippen LogP contribution in [0.25, 0.3) is 0 Å². The van der Waals surface area contributed by atoms with Gasteiger partial charge in [-0.25, -0.2) is 4.79 Å². The summed E-state index contributed by atoms with van der Waals surface area (Å²) in [4.78, 5) is 51.9. The number of nitrogens with zero attached hydrogens (tertiary/aromatic N) is 1. The number of likely N-dealkylation sites (tertiary alicyclic amines) is 1. The number of benzene rings is 3. The van der Waals surface area contributed by atoms with Gasteiger partial charge in [-0.15, -0.1) is 0 Å². The molecule has 13 heteroatoms. The zero-order valence-electron chi connectivity index (χ0n) is 21.6. The Bertz CT molecular complexity index is 1430. The fraction of sp³-hybridized carbons (Fsp3) is 0.172. The van der Waals surface area contributed by atoms with Gasteiger partial charge in [-0.2, -0.15) is 0 Å². The number of nitrogens with one attached hydrogen (secondary N) is 1. The maximum Gasteiger partial charge on any atom is 0.359 e. The van der Waals surface area contributed by atoms with Crippen LogP contribution in [0.3, 0.4) is 0 Å². The molecule has 0 radical (unpaired) electrons. The van der Waals surface area contributed by atoms with E-state index in [1.807, 2.05) is 12.1 Å². The van der Waals surface area contributed by atoms with E-state index >= 15 is 0 Å². The molecule has 0 saturated carbocycles. The quantitative estimate of drug-likeness (QED) is 0.0642. The van der Waals surface area contributed by atoms with Crippen LogP contribution in [0, 0.1) is 0 Å². The lowest BCUT2D eigenvalue weighted by Gasteiger charge is -2.46. The first-order chi connectivity index (χ1) is 20.2. The maximum atomic E-state index is 13.6. The smallest absolute Gasteiger partial charge is 0.359 e. The minimum atomic E-state index is -1.19. The van der Waals surface area contributed by atoms with Crippen LogP contribution in [0.5, 0.6) is 5.75 Å². The van der Waals surface area contributed by atoms with Gasteiger partial charge in [0.1, 0.15) is 22.9 Å². The Kier molecular flexibility index (Phi) is 10.9. The Labute approximate surface area is 263 Å². The van der Waals surface area contributed by atoms with Crippen molar-refractivity contribution in [3.8, 4) is 5.75 Å². The Morgan fingerprint density at radius 2 is 1.60 bits per heavy atom. The molecule has 2 atom stereocenters. The molecule has 0 bridgehead atoms. The molecule has 0 aliphatic carbocycles. The number of hydrogen-bond acceptors (Lipinski definition) is 8. The molecule has 1 fully saturated rings. The molecule has 1 heterocycles. The van der Waals surface area contributed by atoms with E-state index in [1.165, 1.54) is 18.2 Å². The highest BCUT2D eigenvalue weighted by atomic mass is 79.9. The first-order valence-electron chi connectivity index (χ1n) is 12.3. The number of aliphatic hydroxyl groups is 1. The number of allylic oxidation sites excluding steroid dienone is 1. The molecule has 0 aromatic heterocycles. The second-order valence-electron chi connectivity index (χ2n) is 8.81. The van der Waals surface area contributed by atoms with Gasteiger partial charge in [-0.05, 0) is 29.3 Å². The van der Waals surface area contributed by atoms with Crippen molar-refractivity contribution in [3.63, 3.8) is 0 Å². The Hall–Kier alpha value is -3.51. The van der Waals surface area contributed by atoms with Crippen LogP contribution >= 0.6 is 50.9 Å². The normalized spacial score (nSPS) is 16.8. The highest BCUT2D eigenvalue weighted by Crippen LogP contribution is 2.36. The molecular weight excluding hydrogens is 671 g/mol. The van der Waals surface area contributed by atoms with Gasteiger partial charge in [-0.1, -0.05) is 112 Å². The molecule has 4 rings (SSSR count). The van der Waals surface area contributed by atoms with Crippen molar-refractivity contribution in [1.29, 1.82) is 0 Å². The average molecular weight is 694 g/mol. The third-order valence-corrected chi connectivity index (χ3v) is 7.86. The molecule has 1 aliphatic rings. The van der Waals surface area contributed by atoms with Gasteiger partial charge in [-0.3, -0.25) is 19.3 Å². The highest BCUT2D eigenvalue weighted by molar-refractivity contribution is 9.09. The molecule has 1 aliphatic heterocycles. The van der Waals surface area contributed by atoms with Crippen molar-refractivity contribution in [3.05, 3.63) is 111 Å². The van der Waals surface area contributed by atoms with Crippen molar-refractivity contribution >= 4 is 74.3 Å². The van der Waals surface area contributed by atoms with Gasteiger partial charge in [0.05, 0.1) is 5.33 Å². The highest BCUT2D eigenvalue weighted by Gasteiger charge is 2.53. The van der Waals surface area contributed by atoms with Gasteiger partial charge in [0.25, 0.3) is 11.8 Å². The molecule has 3 aromatic rings. The molecule has 2 unspecified atom stereocenters. The van der Waals surface area contributed by atoms with Crippen molar-refractivity contribution in [2.24, 2.45) is 0 Å². The van der Waals surface area contributed by atoms with Crippen LogP contribution < -0.4 is 10.1 Å². The Morgan fingerprint density at radius 3 is 2.12 bits per heavy atom. The molecule has 218 valence electrons. The van der Waals surface area contributed by atoms with E-state index in [-0.39, 0.29) is 11.1 Å². The van der Waals surface area contributed by atoms with Crippen molar-refractivity contribution < 1.29 is 33.8 Å². The fourth-order valence-electron chi connectivity index (χ4n) is 4.17. The predicted molar refractivity (Wildman–Crippen MR) is 163 cm³/mol. The first-order valence-corrected chi connectivity index (χ1v) is 15.1. The maximum absolute atomic E-state index is 13.6. The molecule has 42 heavy (non-hydrogen) atoms. The minimum Gasteiger partial charge on any atom is -0.509 e. The second kappa shape index (κ2) is 14.6. The second-order valence-corrected chi connectivity index (χ2v) is 11.2. The zero-order valence-corrected chi connectivity index (χ0v) is 25.5. The number of β-lactam (4-membered cyclic amide) rings is 1. The van der Waals surface area contributed by atoms with Crippen LogP contribution in [-0.2, 0) is 23.9 Å². The number of hydrogen-bond donors (Lipinski definition) is 2. The third kappa shape index (κ3) is 7.46. The SMILES string of the molecule is O=CSC1C(NC(=O)COc2cc(Cl)cc(Cl)c2)C(=O)N1/C(C(=O)OC(c1ccccc1)c1ccccc1)=C(/O)CBr. The number of amides is 2. The van der Waals surface area contributed by atoms with Crippen molar-refractivity contribution in [1.82, 2.24) is 10.2 Å². The largest absolute Gasteiger partial charge is 0.509 e. The van der Waals surface area contributed by atoms with E-state index in [9.17, 15) is 24.3 Å². The van der Waals surface area contributed by atoms with Crippen LogP contribution in [0.4, 0.5) is 0 Å². The molecular formula is C29H23BrCl2N2O7S. The van der Waals surface area contributed by atoms with E-state index in [2.05, 4.69) is 21.2 Å². The summed E-state index contributed by atoms with van der Waals surface area (Å²) in [6, 6.07) is 21.2. The van der Waals surface area contributed by atoms with E-state index < -0.39 is 53.4 Å². The van der Waals surface area contributed by atoms with Crippen molar-refractivity contribution in [2.75, 3.05) is 11.9 Å². The Morgan fingerprint density at radius 1 is 1.02 bits per heavy atom. The molecule has 3 aromatic carbocycles. The number of rotatable bonds is 12. The lowest BCUT2D eigenvalue weighted by atomic mass is 10.0. The number of carbonyl (C=O) groups is 4. The summed E-state index contributed by atoms with van der Waals surface area (Å²) in [5, 5.41) is 12.6. The van der Waals surface area contributed by atoms with E-state index in [4.69, 9.17) is 32.7 Å². The zero-order chi connectivity index (χ0) is 30.2. The number of ether oxygens (including phenoxy) is 2. The first kappa shape index (κ1) is 31.4. The fourth-order valence-corrected chi connectivity index (χ4v) is 5.73. The van der Waals surface area contributed by atoms with Gasteiger partial charge in [0, 0.05) is 10.0 Å². The number of aliphatic hydroxyl groups excluding tert-OH is 1. The summed E-state index contributed by atoms with van der Waals surface area (Å²) in [6.07, 6.45) is -0.862. The number of alkyl halides is 1. The topological polar surface area (TPSA) is 122 Å². The lowest BCUT2D eigenvalue weighted by Crippen LogP contribution is -2.70. The van der Waals surface area contributed by atoms with Gasteiger partial charge < -0.3 is 19.9 Å².